The van der Waals surface area contributed by atoms with Crippen LogP contribution in [0.2, 0.25) is 0 Å². The zero-order chi connectivity index (χ0) is 7.56. The van der Waals surface area contributed by atoms with Crippen molar-refractivity contribution in [1.29, 1.82) is 0 Å². The number of allylic oxidation sites excluding steroid dienone is 1. The van der Waals surface area contributed by atoms with Crippen molar-refractivity contribution in [3.05, 3.63) is 11.9 Å². The lowest BCUT2D eigenvalue weighted by molar-refractivity contribution is 0.222. The molecule has 1 heterocycles. The van der Waals surface area contributed by atoms with Crippen molar-refractivity contribution in [2.45, 2.75) is 19.8 Å². The van der Waals surface area contributed by atoms with Crippen LogP contribution in [-0.2, 0) is 0 Å². The molecule has 1 aliphatic rings. The number of nitrogens with zero attached hydrogens (tertiary/aromatic N) is 2. The summed E-state index contributed by atoms with van der Waals surface area (Å²) in [6.45, 7) is 1.82. The molecule has 0 aliphatic carbocycles. The molecule has 2 radical (unpaired) electrons. The van der Waals surface area contributed by atoms with Gasteiger partial charge in [0, 0.05) is 0 Å². The summed E-state index contributed by atoms with van der Waals surface area (Å²) in [5.74, 6) is -0.420. The summed E-state index contributed by atoms with van der Waals surface area (Å²) in [5.41, 5.74) is 0.496. The first kappa shape index (κ1) is 7.18. The summed E-state index contributed by atoms with van der Waals surface area (Å²) >= 11 is 0. The summed E-state index contributed by atoms with van der Waals surface area (Å²) in [5, 5.41) is 3.30. The number of amidine groups is 1. The van der Waals surface area contributed by atoms with Crippen LogP contribution in [0.15, 0.2) is 10.7 Å². The number of alkyl halides is 2. The summed E-state index contributed by atoms with van der Waals surface area (Å²) in [4.78, 5) is 3.51. The second-order valence-corrected chi connectivity index (χ2v) is 1.79. The predicted octanol–water partition coefficient (Wildman–Crippen LogP) is 1.32. The van der Waals surface area contributed by atoms with Gasteiger partial charge < -0.3 is 0 Å². The Bertz CT molecular complexity index is 184. The largest absolute Gasteiger partial charge is 0.297 e. The second kappa shape index (κ2) is 2.77. The average molecular weight is 144 g/mol. The van der Waals surface area contributed by atoms with E-state index in [4.69, 9.17) is 0 Å². The van der Waals surface area contributed by atoms with Gasteiger partial charge in [0.15, 0.2) is 5.84 Å². The summed E-state index contributed by atoms with van der Waals surface area (Å²) in [6.07, 6.45) is 0.420. The molecule has 1 rings (SSSR count). The molecular weight excluding hydrogens is 138 g/mol. The van der Waals surface area contributed by atoms with Crippen LogP contribution in [0.5, 0.6) is 0 Å². The Morgan fingerprint density at radius 1 is 1.60 bits per heavy atom. The van der Waals surface area contributed by atoms with Gasteiger partial charge in [0.05, 0.1) is 5.70 Å². The molecule has 0 aromatic heterocycles. The SMILES string of the molecule is CCC1=[C][N]C(C(F)F)=N1. The number of hydrogen-bond donors (Lipinski definition) is 0. The Labute approximate surface area is 57.6 Å². The molecule has 0 N–H and O–H groups in total. The maximum Gasteiger partial charge on any atom is 0.297 e. The van der Waals surface area contributed by atoms with Crippen LogP contribution < -0.4 is 5.32 Å². The van der Waals surface area contributed by atoms with E-state index in [-0.39, 0.29) is 0 Å². The zero-order valence-corrected chi connectivity index (χ0v) is 5.43. The van der Waals surface area contributed by atoms with E-state index in [1.54, 1.807) is 0 Å². The van der Waals surface area contributed by atoms with Crippen LogP contribution in [0.25, 0.3) is 0 Å². The van der Waals surface area contributed by atoms with Crippen molar-refractivity contribution in [3.63, 3.8) is 0 Å². The molecule has 2 nitrogen and oxygen atoms in total. The highest BCUT2D eigenvalue weighted by molar-refractivity contribution is 5.87. The molecule has 0 unspecified atom stereocenters. The van der Waals surface area contributed by atoms with Gasteiger partial charge in [-0.05, 0) is 6.42 Å². The van der Waals surface area contributed by atoms with Gasteiger partial charge in [-0.2, -0.15) is 0 Å². The number of rotatable bonds is 2. The minimum Gasteiger partial charge on any atom is -0.230 e. The van der Waals surface area contributed by atoms with E-state index in [1.165, 1.54) is 0 Å². The van der Waals surface area contributed by atoms with Gasteiger partial charge in [-0.15, -0.1) is 0 Å². The van der Waals surface area contributed by atoms with Crippen LogP contribution in [0, 0.1) is 6.20 Å². The van der Waals surface area contributed by atoms with E-state index in [9.17, 15) is 8.78 Å². The minimum atomic E-state index is -2.57. The molecule has 0 spiro atoms. The third kappa shape index (κ3) is 1.32. The van der Waals surface area contributed by atoms with E-state index < -0.39 is 12.3 Å². The molecule has 0 amide bonds. The standard InChI is InChI=1S/C6H6F2N2/c1-2-4-3-9-6(10-4)5(7)8/h5H,2H2,1H3. The van der Waals surface area contributed by atoms with E-state index in [1.807, 2.05) is 6.92 Å². The van der Waals surface area contributed by atoms with E-state index in [2.05, 4.69) is 16.5 Å². The van der Waals surface area contributed by atoms with Crippen molar-refractivity contribution in [1.82, 2.24) is 5.32 Å². The molecule has 10 heavy (non-hydrogen) atoms. The first-order valence-corrected chi connectivity index (χ1v) is 2.93. The molecule has 0 fully saturated rings. The van der Waals surface area contributed by atoms with Crippen molar-refractivity contribution in [2.75, 3.05) is 0 Å². The highest BCUT2D eigenvalue weighted by atomic mass is 19.3. The lowest BCUT2D eigenvalue weighted by atomic mass is 10.4. The highest BCUT2D eigenvalue weighted by Crippen LogP contribution is 2.10. The van der Waals surface area contributed by atoms with Crippen LogP contribution in [-0.4, -0.2) is 12.3 Å². The third-order valence-electron chi connectivity index (χ3n) is 1.08. The monoisotopic (exact) mass is 144 g/mol. The summed E-state index contributed by atoms with van der Waals surface area (Å²) < 4.78 is 23.5. The maximum atomic E-state index is 11.8. The van der Waals surface area contributed by atoms with Crippen molar-refractivity contribution in [3.8, 4) is 0 Å². The Morgan fingerprint density at radius 3 is 2.60 bits per heavy atom. The number of halogens is 2. The van der Waals surface area contributed by atoms with Crippen molar-refractivity contribution < 1.29 is 8.78 Å². The lowest BCUT2D eigenvalue weighted by Gasteiger charge is -1.92. The zero-order valence-electron chi connectivity index (χ0n) is 5.43. The highest BCUT2D eigenvalue weighted by Gasteiger charge is 2.18. The van der Waals surface area contributed by atoms with E-state index in [0.717, 1.165) is 0 Å². The molecule has 0 aromatic carbocycles. The summed E-state index contributed by atoms with van der Waals surface area (Å²) in [6, 6.07) is 0. The molecule has 1 aliphatic heterocycles. The molecule has 0 bridgehead atoms. The van der Waals surface area contributed by atoms with Gasteiger partial charge in [-0.25, -0.2) is 19.1 Å². The number of aliphatic imine (C=N–C) groups is 1. The van der Waals surface area contributed by atoms with Gasteiger partial charge in [0.1, 0.15) is 6.20 Å². The van der Waals surface area contributed by atoms with Gasteiger partial charge in [-0.1, -0.05) is 6.92 Å². The minimum absolute atomic E-state index is 0.420. The van der Waals surface area contributed by atoms with Crippen LogP contribution in [0.4, 0.5) is 8.78 Å². The molecule has 54 valence electrons. The van der Waals surface area contributed by atoms with Crippen molar-refractivity contribution in [2.24, 2.45) is 4.99 Å². The molecule has 0 atom stereocenters. The lowest BCUT2D eigenvalue weighted by Crippen LogP contribution is -2.16. The van der Waals surface area contributed by atoms with Crippen LogP contribution in [0.3, 0.4) is 0 Å². The molecule has 4 heteroatoms. The van der Waals surface area contributed by atoms with E-state index in [0.29, 0.717) is 12.1 Å². The maximum absolute atomic E-state index is 11.8. The Hall–Kier alpha value is -0.930. The van der Waals surface area contributed by atoms with E-state index >= 15 is 0 Å². The second-order valence-electron chi connectivity index (χ2n) is 1.79. The topological polar surface area (TPSA) is 26.5 Å². The van der Waals surface area contributed by atoms with Gasteiger partial charge in [0.2, 0.25) is 0 Å². The first-order valence-electron chi connectivity index (χ1n) is 2.93. The average Bonchev–Trinajstić information content (AvgIpc) is 2.34. The number of hydrogen-bond acceptors (Lipinski definition) is 1. The molecule has 0 saturated carbocycles. The molecule has 0 aromatic rings. The van der Waals surface area contributed by atoms with Crippen molar-refractivity contribution >= 4 is 5.84 Å². The van der Waals surface area contributed by atoms with Gasteiger partial charge in [-0.3, -0.25) is 0 Å². The first-order chi connectivity index (χ1) is 4.74. The Morgan fingerprint density at radius 2 is 2.30 bits per heavy atom. The fourth-order valence-corrected chi connectivity index (χ4v) is 0.566. The fourth-order valence-electron chi connectivity index (χ4n) is 0.566. The normalized spacial score (nSPS) is 16.8. The summed E-state index contributed by atoms with van der Waals surface area (Å²) in [7, 11) is 0. The Balaban J connectivity index is 2.57. The molecular formula is C6H6F2N2. The van der Waals surface area contributed by atoms with Gasteiger partial charge in [0.25, 0.3) is 6.43 Å². The van der Waals surface area contributed by atoms with Gasteiger partial charge >= 0.3 is 0 Å². The molecule has 0 saturated heterocycles. The third-order valence-corrected chi connectivity index (χ3v) is 1.08. The Kier molecular flexibility index (Phi) is 1.99. The van der Waals surface area contributed by atoms with Crippen LogP contribution in [0.1, 0.15) is 13.3 Å². The smallest absolute Gasteiger partial charge is 0.230 e. The fraction of sp³-hybridized carbons (Fsp3) is 0.500. The predicted molar refractivity (Wildman–Crippen MR) is 32.6 cm³/mol. The quantitative estimate of drug-likeness (QED) is 0.558. The van der Waals surface area contributed by atoms with Crippen LogP contribution >= 0.6 is 0 Å².